The van der Waals surface area contributed by atoms with Crippen LogP contribution in [-0.2, 0) is 16.1 Å². The Bertz CT molecular complexity index is 712. The van der Waals surface area contributed by atoms with E-state index in [0.717, 1.165) is 23.5 Å². The summed E-state index contributed by atoms with van der Waals surface area (Å²) in [5, 5.41) is 6.20. The molecule has 0 radical (unpaired) electrons. The van der Waals surface area contributed by atoms with Crippen LogP contribution in [0.4, 0.5) is 5.69 Å². The number of rotatable bonds is 6. The predicted octanol–water partition coefficient (Wildman–Crippen LogP) is 2.89. The van der Waals surface area contributed by atoms with Gasteiger partial charge in [-0.05, 0) is 24.6 Å². The zero-order chi connectivity index (χ0) is 17.5. The van der Waals surface area contributed by atoms with E-state index >= 15 is 0 Å². The highest BCUT2D eigenvalue weighted by molar-refractivity contribution is 5.91. The monoisotopic (exact) mass is 340 g/mol. The van der Waals surface area contributed by atoms with Crippen LogP contribution in [0.25, 0.3) is 0 Å². The van der Waals surface area contributed by atoms with Gasteiger partial charge in [0, 0.05) is 30.8 Å². The molecule has 3 rings (SSSR count). The summed E-state index contributed by atoms with van der Waals surface area (Å²) in [6.45, 7) is 4.64. The van der Waals surface area contributed by atoms with Crippen molar-refractivity contribution in [2.75, 3.05) is 25.1 Å². The number of carbonyl (C=O) groups is 1. The van der Waals surface area contributed by atoms with Crippen LogP contribution in [0.3, 0.4) is 0 Å². The molecule has 5 heteroatoms. The molecular weight excluding hydrogens is 316 g/mol. The van der Waals surface area contributed by atoms with Crippen LogP contribution < -0.4 is 15.4 Å². The van der Waals surface area contributed by atoms with Crippen molar-refractivity contribution in [2.45, 2.75) is 26.0 Å². The number of anilines is 1. The average Bonchev–Trinajstić information content (AvgIpc) is 2.61. The number of hydrogen-bond acceptors (Lipinski definition) is 4. The van der Waals surface area contributed by atoms with Gasteiger partial charge in [0.15, 0.2) is 0 Å². The van der Waals surface area contributed by atoms with E-state index in [1.165, 1.54) is 5.56 Å². The molecule has 1 fully saturated rings. The van der Waals surface area contributed by atoms with Crippen LogP contribution in [0.5, 0.6) is 5.75 Å². The highest BCUT2D eigenvalue weighted by Crippen LogP contribution is 2.19. The lowest BCUT2D eigenvalue weighted by molar-refractivity contribution is -0.117. The molecule has 1 saturated heterocycles. The minimum Gasteiger partial charge on any atom is -0.489 e. The molecule has 1 amide bonds. The summed E-state index contributed by atoms with van der Waals surface area (Å²) in [5.74, 6) is 0.706. The van der Waals surface area contributed by atoms with E-state index in [1.807, 2.05) is 36.4 Å². The fourth-order valence-corrected chi connectivity index (χ4v) is 2.82. The summed E-state index contributed by atoms with van der Waals surface area (Å²) in [5.41, 5.74) is 3.07. The molecule has 0 aliphatic carbocycles. The van der Waals surface area contributed by atoms with Gasteiger partial charge in [-0.1, -0.05) is 35.9 Å². The fraction of sp³-hybridized carbons (Fsp3) is 0.350. The van der Waals surface area contributed by atoms with Crippen molar-refractivity contribution in [3.63, 3.8) is 0 Å². The number of carbonyl (C=O) groups excluding carboxylic acids is 1. The van der Waals surface area contributed by atoms with Crippen molar-refractivity contribution in [3.8, 4) is 5.75 Å². The maximum absolute atomic E-state index is 12.2. The van der Waals surface area contributed by atoms with Gasteiger partial charge in [-0.2, -0.15) is 0 Å². The van der Waals surface area contributed by atoms with E-state index in [4.69, 9.17) is 9.47 Å². The summed E-state index contributed by atoms with van der Waals surface area (Å²) in [4.78, 5) is 12.2. The predicted molar refractivity (Wildman–Crippen MR) is 97.8 cm³/mol. The molecule has 25 heavy (non-hydrogen) atoms. The third-order valence-electron chi connectivity index (χ3n) is 4.04. The molecule has 1 aliphatic rings. The lowest BCUT2D eigenvalue weighted by atomic mass is 10.1. The first-order valence-corrected chi connectivity index (χ1v) is 8.58. The maximum atomic E-state index is 12.2. The fourth-order valence-electron chi connectivity index (χ4n) is 2.82. The first-order valence-electron chi connectivity index (χ1n) is 8.58. The number of morpholine rings is 1. The van der Waals surface area contributed by atoms with E-state index in [1.54, 1.807) is 0 Å². The quantitative estimate of drug-likeness (QED) is 0.849. The van der Waals surface area contributed by atoms with E-state index in [9.17, 15) is 4.79 Å². The van der Waals surface area contributed by atoms with Gasteiger partial charge >= 0.3 is 0 Å². The standard InChI is InChI=1S/C20H24N2O3/c1-15-4-2-5-16(10-15)13-25-19-7-3-6-17(11-19)22-20(23)12-18-14-24-9-8-21-18/h2-7,10-11,18,21H,8-9,12-14H2,1H3,(H,22,23). The largest absolute Gasteiger partial charge is 0.489 e. The van der Waals surface area contributed by atoms with Crippen LogP contribution in [-0.4, -0.2) is 31.7 Å². The van der Waals surface area contributed by atoms with Crippen LogP contribution in [0.1, 0.15) is 17.5 Å². The maximum Gasteiger partial charge on any atom is 0.226 e. The van der Waals surface area contributed by atoms with E-state index in [0.29, 0.717) is 26.2 Å². The normalized spacial score (nSPS) is 17.1. The highest BCUT2D eigenvalue weighted by atomic mass is 16.5. The van der Waals surface area contributed by atoms with Crippen LogP contribution >= 0.6 is 0 Å². The van der Waals surface area contributed by atoms with Gasteiger partial charge in [-0.15, -0.1) is 0 Å². The van der Waals surface area contributed by atoms with Gasteiger partial charge in [0.05, 0.1) is 13.2 Å². The molecule has 1 unspecified atom stereocenters. The van der Waals surface area contributed by atoms with Crippen LogP contribution in [0.15, 0.2) is 48.5 Å². The Morgan fingerprint density at radius 2 is 2.16 bits per heavy atom. The number of amides is 1. The summed E-state index contributed by atoms with van der Waals surface area (Å²) in [6.07, 6.45) is 0.397. The summed E-state index contributed by atoms with van der Waals surface area (Å²) >= 11 is 0. The van der Waals surface area contributed by atoms with Gasteiger partial charge in [0.2, 0.25) is 5.91 Å². The van der Waals surface area contributed by atoms with Crippen molar-refractivity contribution in [3.05, 3.63) is 59.7 Å². The number of ether oxygens (including phenoxy) is 2. The van der Waals surface area contributed by atoms with Gasteiger partial charge in [-0.25, -0.2) is 0 Å². The van der Waals surface area contributed by atoms with Gasteiger partial charge in [0.25, 0.3) is 0 Å². The lowest BCUT2D eigenvalue weighted by Crippen LogP contribution is -2.43. The second-order valence-corrected chi connectivity index (χ2v) is 6.28. The highest BCUT2D eigenvalue weighted by Gasteiger charge is 2.16. The number of benzene rings is 2. The Labute approximate surface area is 148 Å². The minimum absolute atomic E-state index is 0.0289. The van der Waals surface area contributed by atoms with Crippen LogP contribution in [0, 0.1) is 6.92 Å². The first-order chi connectivity index (χ1) is 12.2. The van der Waals surface area contributed by atoms with Crippen molar-refractivity contribution in [1.29, 1.82) is 0 Å². The molecule has 0 spiro atoms. The molecule has 2 N–H and O–H groups in total. The van der Waals surface area contributed by atoms with Gasteiger partial charge < -0.3 is 20.1 Å². The Kier molecular flexibility index (Phi) is 6.04. The molecule has 2 aromatic rings. The molecule has 1 atom stereocenters. The van der Waals surface area contributed by atoms with Crippen LogP contribution in [0.2, 0.25) is 0 Å². The van der Waals surface area contributed by atoms with E-state index in [-0.39, 0.29) is 11.9 Å². The Balaban J connectivity index is 1.52. The summed E-state index contributed by atoms with van der Waals surface area (Å²) < 4.78 is 11.2. The molecule has 1 aliphatic heterocycles. The first kappa shape index (κ1) is 17.5. The summed E-state index contributed by atoms with van der Waals surface area (Å²) in [6, 6.07) is 15.8. The smallest absolute Gasteiger partial charge is 0.226 e. The molecule has 0 aromatic heterocycles. The second-order valence-electron chi connectivity index (χ2n) is 6.28. The van der Waals surface area contributed by atoms with E-state index < -0.39 is 0 Å². The Hall–Kier alpha value is -2.37. The summed E-state index contributed by atoms with van der Waals surface area (Å²) in [7, 11) is 0. The Morgan fingerprint density at radius 3 is 2.96 bits per heavy atom. The number of hydrogen-bond donors (Lipinski definition) is 2. The molecule has 0 saturated carbocycles. The molecule has 132 valence electrons. The van der Waals surface area contributed by atoms with Crippen molar-refractivity contribution < 1.29 is 14.3 Å². The SMILES string of the molecule is Cc1cccc(COc2cccc(NC(=O)CC3COCCN3)c2)c1. The zero-order valence-corrected chi connectivity index (χ0v) is 14.5. The molecule has 1 heterocycles. The molecular formula is C20H24N2O3. The van der Waals surface area contributed by atoms with Crippen molar-refractivity contribution >= 4 is 11.6 Å². The van der Waals surface area contributed by atoms with Gasteiger partial charge in [-0.3, -0.25) is 4.79 Å². The Morgan fingerprint density at radius 1 is 1.28 bits per heavy atom. The number of aryl methyl sites for hydroxylation is 1. The average molecular weight is 340 g/mol. The topological polar surface area (TPSA) is 59.6 Å². The minimum atomic E-state index is -0.0289. The molecule has 5 nitrogen and oxygen atoms in total. The number of nitrogens with one attached hydrogen (secondary N) is 2. The second kappa shape index (κ2) is 8.65. The molecule has 0 bridgehead atoms. The third kappa shape index (κ3) is 5.59. The zero-order valence-electron chi connectivity index (χ0n) is 14.5. The molecule has 2 aromatic carbocycles. The van der Waals surface area contributed by atoms with Crippen molar-refractivity contribution in [1.82, 2.24) is 5.32 Å². The lowest BCUT2D eigenvalue weighted by Gasteiger charge is -2.23. The third-order valence-corrected chi connectivity index (χ3v) is 4.04. The van der Waals surface area contributed by atoms with Crippen molar-refractivity contribution in [2.24, 2.45) is 0 Å². The van der Waals surface area contributed by atoms with Gasteiger partial charge in [0.1, 0.15) is 12.4 Å². The van der Waals surface area contributed by atoms with E-state index in [2.05, 4.69) is 29.7 Å².